The molecule has 2 aromatic rings. The van der Waals surface area contributed by atoms with Gasteiger partial charge in [0.2, 0.25) is 5.91 Å². The van der Waals surface area contributed by atoms with Crippen LogP contribution in [0.1, 0.15) is 42.7 Å². The molecule has 5 rings (SSSR count). The van der Waals surface area contributed by atoms with E-state index in [9.17, 15) is 4.79 Å². The molecule has 2 aromatic heterocycles. The van der Waals surface area contributed by atoms with Gasteiger partial charge < -0.3 is 4.74 Å². The molecular weight excluding hydrogens is 348 g/mol. The van der Waals surface area contributed by atoms with Crippen molar-refractivity contribution in [1.29, 1.82) is 0 Å². The summed E-state index contributed by atoms with van der Waals surface area (Å²) in [6, 6.07) is 0. The smallest absolute Gasteiger partial charge is 0.231 e. The molecule has 0 unspecified atom stereocenters. The molecule has 6 nitrogen and oxygen atoms in total. The molecular formula is C19H24N4O2S. The lowest BCUT2D eigenvalue weighted by atomic mass is 9.84. The summed E-state index contributed by atoms with van der Waals surface area (Å²) in [6.07, 6.45) is 9.34. The Morgan fingerprint density at radius 2 is 2.23 bits per heavy atom. The van der Waals surface area contributed by atoms with E-state index in [4.69, 9.17) is 9.72 Å². The number of anilines is 1. The maximum atomic E-state index is 13.1. The lowest BCUT2D eigenvalue weighted by molar-refractivity contribution is -0.125. The highest BCUT2D eigenvalue weighted by molar-refractivity contribution is 7.16. The summed E-state index contributed by atoms with van der Waals surface area (Å²) in [6.45, 7) is 1.45. The standard InChI is InChI=1S/C19H24N4O2S/c1-22-15-7-8-16-17(14(15)10-20-22)21-19(26-16)23(11-13-6-3-9-25-13)18(24)12-4-2-5-12/h10,12-13H,2-9,11H2,1H3/t13-/m1/s1. The van der Waals surface area contributed by atoms with Gasteiger partial charge in [-0.25, -0.2) is 4.98 Å². The molecule has 138 valence electrons. The largest absolute Gasteiger partial charge is 0.376 e. The first kappa shape index (κ1) is 16.4. The van der Waals surface area contributed by atoms with Gasteiger partial charge in [-0.15, -0.1) is 11.3 Å². The Bertz CT molecular complexity index is 833. The Morgan fingerprint density at radius 3 is 2.96 bits per heavy atom. The molecule has 3 aliphatic rings. The van der Waals surface area contributed by atoms with Gasteiger partial charge in [0.15, 0.2) is 5.13 Å². The first-order chi connectivity index (χ1) is 12.7. The molecule has 1 saturated carbocycles. The third kappa shape index (κ3) is 2.68. The number of aromatic nitrogens is 3. The lowest BCUT2D eigenvalue weighted by Crippen LogP contribution is -2.43. The fraction of sp³-hybridized carbons (Fsp3) is 0.632. The first-order valence-corrected chi connectivity index (χ1v) is 10.5. The van der Waals surface area contributed by atoms with Gasteiger partial charge in [-0.1, -0.05) is 6.42 Å². The van der Waals surface area contributed by atoms with Crippen LogP contribution in [-0.4, -0.2) is 39.9 Å². The molecule has 0 radical (unpaired) electrons. The second-order valence-corrected chi connectivity index (χ2v) is 8.67. The molecule has 26 heavy (non-hydrogen) atoms. The zero-order valence-corrected chi connectivity index (χ0v) is 15.9. The van der Waals surface area contributed by atoms with Crippen molar-refractivity contribution >= 4 is 22.4 Å². The van der Waals surface area contributed by atoms with Crippen LogP contribution in [0.4, 0.5) is 5.13 Å². The summed E-state index contributed by atoms with van der Waals surface area (Å²) in [4.78, 5) is 21.2. The normalized spacial score (nSPS) is 22.0. The Balaban J connectivity index is 1.48. The fourth-order valence-electron chi connectivity index (χ4n) is 4.15. The number of fused-ring (bicyclic) bond motifs is 3. The predicted octanol–water partition coefficient (Wildman–Crippen LogP) is 2.95. The zero-order chi connectivity index (χ0) is 17.7. The van der Waals surface area contributed by atoms with Crippen molar-refractivity contribution in [3.63, 3.8) is 0 Å². The minimum absolute atomic E-state index is 0.147. The number of nitrogens with zero attached hydrogens (tertiary/aromatic N) is 4. The quantitative estimate of drug-likeness (QED) is 0.828. The van der Waals surface area contributed by atoms with E-state index < -0.39 is 0 Å². The molecule has 2 aliphatic carbocycles. The van der Waals surface area contributed by atoms with Gasteiger partial charge in [-0.3, -0.25) is 14.4 Å². The van der Waals surface area contributed by atoms with Gasteiger partial charge in [0, 0.05) is 35.7 Å². The fourth-order valence-corrected chi connectivity index (χ4v) is 5.24. The number of hydrogen-bond acceptors (Lipinski definition) is 5. The Morgan fingerprint density at radius 1 is 1.35 bits per heavy atom. The van der Waals surface area contributed by atoms with Gasteiger partial charge in [0.05, 0.1) is 24.5 Å². The van der Waals surface area contributed by atoms with E-state index in [-0.39, 0.29) is 17.9 Å². The van der Waals surface area contributed by atoms with Gasteiger partial charge >= 0.3 is 0 Å². The number of carbonyl (C=O) groups excluding carboxylic acids is 1. The summed E-state index contributed by atoms with van der Waals surface area (Å²) in [5.41, 5.74) is 3.40. The molecule has 1 saturated heterocycles. The third-order valence-corrected chi connectivity index (χ3v) is 7.09. The number of rotatable bonds is 4. The van der Waals surface area contributed by atoms with E-state index in [0.29, 0.717) is 6.54 Å². The average molecular weight is 372 g/mol. The number of hydrogen-bond donors (Lipinski definition) is 0. The second-order valence-electron chi connectivity index (χ2n) is 7.61. The van der Waals surface area contributed by atoms with Crippen molar-refractivity contribution < 1.29 is 9.53 Å². The lowest BCUT2D eigenvalue weighted by Gasteiger charge is -2.31. The summed E-state index contributed by atoms with van der Waals surface area (Å²) in [5.74, 6) is 0.413. The molecule has 3 heterocycles. The molecule has 0 bridgehead atoms. The van der Waals surface area contributed by atoms with E-state index >= 15 is 0 Å². The Labute approximate surface area is 157 Å². The highest BCUT2D eigenvalue weighted by Crippen LogP contribution is 2.40. The number of carbonyl (C=O) groups is 1. The van der Waals surface area contributed by atoms with Crippen molar-refractivity contribution in [3.8, 4) is 11.3 Å². The molecule has 0 aromatic carbocycles. The summed E-state index contributed by atoms with van der Waals surface area (Å²) in [5, 5.41) is 5.25. The van der Waals surface area contributed by atoms with Crippen LogP contribution in [0.25, 0.3) is 11.3 Å². The minimum Gasteiger partial charge on any atom is -0.376 e. The summed E-state index contributed by atoms with van der Waals surface area (Å²) < 4.78 is 7.76. The second kappa shape index (κ2) is 6.46. The number of ether oxygens (including phenoxy) is 1. The van der Waals surface area contributed by atoms with Crippen molar-refractivity contribution in [2.75, 3.05) is 18.1 Å². The maximum absolute atomic E-state index is 13.1. The molecule has 1 amide bonds. The van der Waals surface area contributed by atoms with Gasteiger partial charge in [0.25, 0.3) is 0 Å². The molecule has 0 spiro atoms. The highest BCUT2D eigenvalue weighted by atomic mass is 32.1. The molecule has 0 N–H and O–H groups in total. The first-order valence-electron chi connectivity index (χ1n) is 9.64. The monoisotopic (exact) mass is 372 g/mol. The third-order valence-electron chi connectivity index (χ3n) is 5.95. The van der Waals surface area contributed by atoms with Crippen LogP contribution in [0.5, 0.6) is 0 Å². The Hall–Kier alpha value is -1.73. The number of aryl methyl sites for hydroxylation is 2. The van der Waals surface area contributed by atoms with Crippen molar-refractivity contribution in [3.05, 3.63) is 16.8 Å². The molecule has 1 atom stereocenters. The van der Waals surface area contributed by atoms with Crippen LogP contribution in [0, 0.1) is 5.92 Å². The van der Waals surface area contributed by atoms with Crippen LogP contribution >= 0.6 is 11.3 Å². The summed E-state index contributed by atoms with van der Waals surface area (Å²) >= 11 is 1.68. The van der Waals surface area contributed by atoms with E-state index in [1.165, 1.54) is 10.6 Å². The van der Waals surface area contributed by atoms with Crippen molar-refractivity contribution in [1.82, 2.24) is 14.8 Å². The van der Waals surface area contributed by atoms with Crippen molar-refractivity contribution in [2.24, 2.45) is 13.0 Å². The number of amides is 1. The predicted molar refractivity (Wildman–Crippen MR) is 100 cm³/mol. The van der Waals surface area contributed by atoms with Crippen molar-refractivity contribution in [2.45, 2.75) is 51.0 Å². The van der Waals surface area contributed by atoms with Crippen LogP contribution in [0.15, 0.2) is 6.20 Å². The average Bonchev–Trinajstić information content (AvgIpc) is 3.29. The van der Waals surface area contributed by atoms with E-state index in [1.807, 2.05) is 22.8 Å². The molecule has 7 heteroatoms. The van der Waals surface area contributed by atoms with E-state index in [0.717, 1.165) is 67.9 Å². The van der Waals surface area contributed by atoms with Crippen LogP contribution in [-0.2, 0) is 29.4 Å². The van der Waals surface area contributed by atoms with E-state index in [1.54, 1.807) is 11.3 Å². The Kier molecular flexibility index (Phi) is 4.09. The van der Waals surface area contributed by atoms with Crippen LogP contribution < -0.4 is 4.90 Å². The summed E-state index contributed by atoms with van der Waals surface area (Å²) in [7, 11) is 1.99. The van der Waals surface area contributed by atoms with Crippen LogP contribution in [0.3, 0.4) is 0 Å². The van der Waals surface area contributed by atoms with Gasteiger partial charge in [-0.05, 0) is 38.5 Å². The maximum Gasteiger partial charge on any atom is 0.231 e. The number of thiazole rings is 1. The molecule has 2 fully saturated rings. The topological polar surface area (TPSA) is 60.2 Å². The zero-order valence-electron chi connectivity index (χ0n) is 15.1. The minimum atomic E-state index is 0.147. The SMILES string of the molecule is Cn1ncc2c1CCc1sc(N(C[C@H]3CCCO3)C(=O)C3CCC3)nc1-2. The van der Waals surface area contributed by atoms with Gasteiger partial charge in [-0.2, -0.15) is 5.10 Å². The van der Waals surface area contributed by atoms with E-state index in [2.05, 4.69) is 5.10 Å². The van der Waals surface area contributed by atoms with Crippen LogP contribution in [0.2, 0.25) is 0 Å². The highest BCUT2D eigenvalue weighted by Gasteiger charge is 2.35. The molecule has 1 aliphatic heterocycles. The van der Waals surface area contributed by atoms with Gasteiger partial charge in [0.1, 0.15) is 0 Å².